The van der Waals surface area contributed by atoms with Gasteiger partial charge in [0.25, 0.3) is 11.5 Å². The quantitative estimate of drug-likeness (QED) is 0.476. The third-order valence-electron chi connectivity index (χ3n) is 5.43. The van der Waals surface area contributed by atoms with Crippen LogP contribution in [-0.4, -0.2) is 38.5 Å². The number of thiophene rings is 1. The van der Waals surface area contributed by atoms with Crippen LogP contribution in [0.4, 0.5) is 0 Å². The van der Waals surface area contributed by atoms with Crippen LogP contribution in [-0.2, 0) is 24.7 Å². The first-order valence-corrected chi connectivity index (χ1v) is 11.5. The fraction of sp³-hybridized carbons (Fsp3) is 0.333. The van der Waals surface area contributed by atoms with Gasteiger partial charge in [-0.1, -0.05) is 42.1 Å². The molecule has 1 aliphatic carbocycles. The molecule has 0 saturated carbocycles. The Morgan fingerprint density at radius 1 is 1.21 bits per heavy atom. The summed E-state index contributed by atoms with van der Waals surface area (Å²) in [5, 5.41) is 7.39. The smallest absolute Gasteiger partial charge is 0.262 e. The van der Waals surface area contributed by atoms with E-state index in [1.807, 2.05) is 30.3 Å². The zero-order chi connectivity index (χ0) is 20.0. The van der Waals surface area contributed by atoms with Gasteiger partial charge in [-0.3, -0.25) is 14.2 Å². The van der Waals surface area contributed by atoms with Crippen molar-refractivity contribution >= 4 is 44.9 Å². The number of amides is 1. The topological polar surface area (TPSA) is 67.6 Å². The molecule has 1 aliphatic heterocycles. The average Bonchev–Trinajstić information content (AvgIpc) is 3.45. The molecular weight excluding hydrogens is 404 g/mol. The molecule has 0 unspecified atom stereocenters. The SMILES string of the molecule is Cn1c(SCC(=O)N2CCC(c3ccccc3)=N2)nc2sc3c(c2c1=O)CCC3. The van der Waals surface area contributed by atoms with E-state index in [4.69, 9.17) is 4.98 Å². The second-order valence-corrected chi connectivity index (χ2v) is 9.29. The minimum Gasteiger partial charge on any atom is -0.290 e. The summed E-state index contributed by atoms with van der Waals surface area (Å²) >= 11 is 2.93. The van der Waals surface area contributed by atoms with Crippen LogP contribution in [0.5, 0.6) is 0 Å². The number of fused-ring (bicyclic) bond motifs is 3. The third-order valence-corrected chi connectivity index (χ3v) is 7.63. The Bertz CT molecular complexity index is 1200. The molecule has 3 heterocycles. The summed E-state index contributed by atoms with van der Waals surface area (Å²) in [5.74, 6) is 0.145. The van der Waals surface area contributed by atoms with E-state index < -0.39 is 0 Å². The number of nitrogens with zero attached hydrogens (tertiary/aromatic N) is 4. The van der Waals surface area contributed by atoms with Gasteiger partial charge in [0.2, 0.25) is 0 Å². The van der Waals surface area contributed by atoms with E-state index in [1.54, 1.807) is 23.0 Å². The Morgan fingerprint density at radius 3 is 2.86 bits per heavy atom. The Labute approximate surface area is 176 Å². The summed E-state index contributed by atoms with van der Waals surface area (Å²) in [7, 11) is 1.74. The third kappa shape index (κ3) is 3.30. The van der Waals surface area contributed by atoms with Crippen LogP contribution in [0, 0.1) is 0 Å². The number of hydrogen-bond donors (Lipinski definition) is 0. The molecule has 3 aromatic rings. The van der Waals surface area contributed by atoms with E-state index >= 15 is 0 Å². The summed E-state index contributed by atoms with van der Waals surface area (Å²) in [6.07, 6.45) is 3.88. The maximum absolute atomic E-state index is 12.9. The molecule has 1 amide bonds. The van der Waals surface area contributed by atoms with Gasteiger partial charge in [0.1, 0.15) is 4.83 Å². The predicted octanol–water partition coefficient (Wildman–Crippen LogP) is 3.21. The van der Waals surface area contributed by atoms with Gasteiger partial charge in [-0.25, -0.2) is 9.99 Å². The molecule has 0 N–H and O–H groups in total. The highest BCUT2D eigenvalue weighted by atomic mass is 32.2. The number of thioether (sulfide) groups is 1. The monoisotopic (exact) mass is 424 g/mol. The van der Waals surface area contributed by atoms with Gasteiger partial charge in [-0.05, 0) is 30.4 Å². The summed E-state index contributed by atoms with van der Waals surface area (Å²) in [6, 6.07) is 9.93. The van der Waals surface area contributed by atoms with E-state index in [2.05, 4.69) is 5.10 Å². The van der Waals surface area contributed by atoms with Crippen molar-refractivity contribution in [1.82, 2.24) is 14.6 Å². The van der Waals surface area contributed by atoms with Crippen LogP contribution in [0.1, 0.15) is 28.8 Å². The lowest BCUT2D eigenvalue weighted by molar-refractivity contribution is -0.127. The summed E-state index contributed by atoms with van der Waals surface area (Å²) in [5.41, 5.74) is 3.17. The zero-order valence-electron chi connectivity index (χ0n) is 16.1. The van der Waals surface area contributed by atoms with E-state index in [0.29, 0.717) is 11.7 Å². The van der Waals surface area contributed by atoms with Crippen LogP contribution in [0.2, 0.25) is 0 Å². The molecule has 6 nitrogen and oxygen atoms in total. The number of hydrogen-bond acceptors (Lipinski definition) is 6. The fourth-order valence-corrected chi connectivity index (χ4v) is 6.05. The molecule has 0 spiro atoms. The maximum atomic E-state index is 12.9. The number of aromatic nitrogens is 2. The van der Waals surface area contributed by atoms with Gasteiger partial charge in [0.05, 0.1) is 23.4 Å². The molecule has 5 rings (SSSR count). The Kier molecular flexibility index (Phi) is 4.75. The number of hydrazone groups is 1. The number of benzene rings is 1. The first kappa shape index (κ1) is 18.6. The van der Waals surface area contributed by atoms with Crippen molar-refractivity contribution in [3.05, 3.63) is 56.7 Å². The summed E-state index contributed by atoms with van der Waals surface area (Å²) in [6.45, 7) is 0.590. The van der Waals surface area contributed by atoms with Crippen LogP contribution in [0.3, 0.4) is 0 Å². The van der Waals surface area contributed by atoms with E-state index in [9.17, 15) is 9.59 Å². The van der Waals surface area contributed by atoms with Crippen molar-refractivity contribution in [2.75, 3.05) is 12.3 Å². The molecule has 2 aliphatic rings. The summed E-state index contributed by atoms with van der Waals surface area (Å²) < 4.78 is 1.58. The highest BCUT2D eigenvalue weighted by Crippen LogP contribution is 2.35. The minimum absolute atomic E-state index is 0.00472. The highest BCUT2D eigenvalue weighted by molar-refractivity contribution is 7.99. The highest BCUT2D eigenvalue weighted by Gasteiger charge is 2.24. The number of carbonyl (C=O) groups excluding carboxylic acids is 1. The molecule has 148 valence electrons. The van der Waals surface area contributed by atoms with E-state index in [0.717, 1.165) is 47.2 Å². The van der Waals surface area contributed by atoms with Crippen molar-refractivity contribution < 1.29 is 4.79 Å². The molecule has 8 heteroatoms. The Morgan fingerprint density at radius 2 is 2.03 bits per heavy atom. The van der Waals surface area contributed by atoms with Crippen LogP contribution >= 0.6 is 23.1 Å². The normalized spacial score (nSPS) is 15.8. The molecule has 0 saturated heterocycles. The average molecular weight is 425 g/mol. The van der Waals surface area contributed by atoms with Crippen molar-refractivity contribution in [2.45, 2.75) is 30.8 Å². The maximum Gasteiger partial charge on any atom is 0.262 e. The Hall–Kier alpha value is -2.45. The van der Waals surface area contributed by atoms with Crippen molar-refractivity contribution in [2.24, 2.45) is 12.1 Å². The standard InChI is InChI=1S/C21H20N4O2S2/c1-24-20(27)18-14-8-5-9-16(14)29-19(18)22-21(24)28-12-17(26)25-11-10-15(23-25)13-6-3-2-4-7-13/h2-4,6-7H,5,8-12H2,1H3. The molecule has 0 fully saturated rings. The lowest BCUT2D eigenvalue weighted by atomic mass is 10.1. The van der Waals surface area contributed by atoms with Crippen molar-refractivity contribution in [3.8, 4) is 0 Å². The number of aryl methyl sites for hydroxylation is 2. The largest absolute Gasteiger partial charge is 0.290 e. The molecule has 0 atom stereocenters. The number of carbonyl (C=O) groups is 1. The van der Waals surface area contributed by atoms with E-state index in [-0.39, 0.29) is 17.2 Å². The molecule has 2 aromatic heterocycles. The van der Waals surface area contributed by atoms with Crippen LogP contribution in [0.15, 0.2) is 45.4 Å². The minimum atomic E-state index is -0.0658. The first-order valence-electron chi connectivity index (χ1n) is 9.69. The predicted molar refractivity (Wildman–Crippen MR) is 117 cm³/mol. The first-order chi connectivity index (χ1) is 14.1. The van der Waals surface area contributed by atoms with Gasteiger partial charge >= 0.3 is 0 Å². The van der Waals surface area contributed by atoms with Crippen LogP contribution < -0.4 is 5.56 Å². The van der Waals surface area contributed by atoms with Gasteiger partial charge in [-0.15, -0.1) is 11.3 Å². The fourth-order valence-electron chi connectivity index (χ4n) is 3.91. The second-order valence-electron chi connectivity index (χ2n) is 7.26. The molecule has 29 heavy (non-hydrogen) atoms. The molecule has 1 aromatic carbocycles. The van der Waals surface area contributed by atoms with Crippen molar-refractivity contribution in [3.63, 3.8) is 0 Å². The van der Waals surface area contributed by atoms with Crippen LogP contribution in [0.25, 0.3) is 10.2 Å². The second kappa shape index (κ2) is 7.42. The molecular formula is C21H20N4O2S2. The zero-order valence-corrected chi connectivity index (χ0v) is 17.7. The summed E-state index contributed by atoms with van der Waals surface area (Å²) in [4.78, 5) is 32.3. The lowest BCUT2D eigenvalue weighted by Crippen LogP contribution is -2.26. The van der Waals surface area contributed by atoms with Gasteiger partial charge in [-0.2, -0.15) is 5.10 Å². The number of rotatable bonds is 4. The molecule has 0 bridgehead atoms. The van der Waals surface area contributed by atoms with Crippen molar-refractivity contribution in [1.29, 1.82) is 0 Å². The lowest BCUT2D eigenvalue weighted by Gasteiger charge is -2.12. The van der Waals surface area contributed by atoms with Gasteiger partial charge < -0.3 is 0 Å². The van der Waals surface area contributed by atoms with E-state index in [1.165, 1.54) is 27.2 Å². The van der Waals surface area contributed by atoms with Gasteiger partial charge in [0, 0.05) is 18.3 Å². The Balaban J connectivity index is 1.33. The molecule has 0 radical (unpaired) electrons. The van der Waals surface area contributed by atoms with Gasteiger partial charge in [0.15, 0.2) is 5.16 Å².